The number of hydrogen-bond acceptors (Lipinski definition) is 0. The van der Waals surface area contributed by atoms with E-state index < -0.39 is 0 Å². The zero-order valence-electron chi connectivity index (χ0n) is 6.61. The van der Waals surface area contributed by atoms with Crippen molar-refractivity contribution >= 4 is 23.2 Å². The van der Waals surface area contributed by atoms with Crippen LogP contribution < -0.4 is 0 Å². The SMILES string of the molecule is CC1C=CC(CCl)=C(CCl)C1. The molecular weight excluding hydrogens is 179 g/mol. The van der Waals surface area contributed by atoms with Crippen molar-refractivity contribution in [3.05, 3.63) is 23.3 Å². The minimum absolute atomic E-state index is 0.589. The Hall–Kier alpha value is 0.0600. The molecule has 1 unspecified atom stereocenters. The topological polar surface area (TPSA) is 0 Å². The number of halogens is 2. The summed E-state index contributed by atoms with van der Waals surface area (Å²) in [6.07, 6.45) is 5.36. The quantitative estimate of drug-likeness (QED) is 0.587. The van der Waals surface area contributed by atoms with E-state index in [0.717, 1.165) is 6.42 Å². The summed E-state index contributed by atoms with van der Waals surface area (Å²) in [5.41, 5.74) is 2.51. The van der Waals surface area contributed by atoms with Crippen molar-refractivity contribution < 1.29 is 0 Å². The van der Waals surface area contributed by atoms with Crippen LogP contribution in [0.5, 0.6) is 0 Å². The molecule has 1 aliphatic rings. The predicted octanol–water partition coefficient (Wildman–Crippen LogP) is 3.36. The third-order valence-electron chi connectivity index (χ3n) is 1.95. The van der Waals surface area contributed by atoms with Gasteiger partial charge in [-0.1, -0.05) is 24.6 Å². The lowest BCUT2D eigenvalue weighted by Crippen LogP contribution is -2.04. The molecule has 0 fully saturated rings. The van der Waals surface area contributed by atoms with Crippen LogP contribution in [0.3, 0.4) is 0 Å². The largest absolute Gasteiger partial charge is 0.122 e. The smallest absolute Gasteiger partial charge is 0.0473 e. The lowest BCUT2D eigenvalue weighted by atomic mass is 9.92. The van der Waals surface area contributed by atoms with Gasteiger partial charge < -0.3 is 0 Å². The molecule has 0 saturated heterocycles. The van der Waals surface area contributed by atoms with Crippen molar-refractivity contribution in [3.63, 3.8) is 0 Å². The van der Waals surface area contributed by atoms with E-state index >= 15 is 0 Å². The lowest BCUT2D eigenvalue weighted by Gasteiger charge is -2.16. The highest BCUT2D eigenvalue weighted by atomic mass is 35.5. The summed E-state index contributed by atoms with van der Waals surface area (Å²) in [5.74, 6) is 1.83. The maximum Gasteiger partial charge on any atom is 0.0473 e. The molecule has 0 aromatic rings. The van der Waals surface area contributed by atoms with Gasteiger partial charge in [-0.25, -0.2) is 0 Å². The van der Waals surface area contributed by atoms with E-state index in [1.165, 1.54) is 11.1 Å². The van der Waals surface area contributed by atoms with Gasteiger partial charge in [0.15, 0.2) is 0 Å². The standard InChI is InChI=1S/C9H12Cl2/c1-7-2-3-8(5-10)9(4-7)6-11/h2-3,7H,4-6H2,1H3. The van der Waals surface area contributed by atoms with Crippen LogP contribution in [0.15, 0.2) is 23.3 Å². The Kier molecular flexibility index (Phi) is 3.47. The molecule has 0 radical (unpaired) electrons. The molecule has 11 heavy (non-hydrogen) atoms. The van der Waals surface area contributed by atoms with E-state index in [4.69, 9.17) is 23.2 Å². The zero-order valence-corrected chi connectivity index (χ0v) is 8.12. The fraction of sp³-hybridized carbons (Fsp3) is 0.556. The molecule has 0 bridgehead atoms. The van der Waals surface area contributed by atoms with Crippen LogP contribution in [0, 0.1) is 5.92 Å². The van der Waals surface area contributed by atoms with Gasteiger partial charge in [0.25, 0.3) is 0 Å². The first-order chi connectivity index (χ1) is 5.27. The molecule has 0 spiro atoms. The third-order valence-corrected chi connectivity index (χ3v) is 2.56. The Morgan fingerprint density at radius 1 is 1.45 bits per heavy atom. The van der Waals surface area contributed by atoms with Gasteiger partial charge in [0.05, 0.1) is 0 Å². The van der Waals surface area contributed by atoms with Crippen molar-refractivity contribution in [1.29, 1.82) is 0 Å². The highest BCUT2D eigenvalue weighted by Gasteiger charge is 2.10. The number of allylic oxidation sites excluding steroid dienone is 4. The molecule has 0 aliphatic heterocycles. The Morgan fingerprint density at radius 2 is 2.18 bits per heavy atom. The Balaban J connectivity index is 2.76. The molecule has 0 N–H and O–H groups in total. The van der Waals surface area contributed by atoms with E-state index in [1.807, 2.05) is 0 Å². The van der Waals surface area contributed by atoms with Crippen LogP contribution in [0.25, 0.3) is 0 Å². The second kappa shape index (κ2) is 4.18. The first kappa shape index (κ1) is 9.15. The molecule has 0 aromatic heterocycles. The van der Waals surface area contributed by atoms with Crippen LogP contribution in [0.2, 0.25) is 0 Å². The fourth-order valence-electron chi connectivity index (χ4n) is 1.27. The average Bonchev–Trinajstić information content (AvgIpc) is 2.04. The van der Waals surface area contributed by atoms with Crippen LogP contribution in [0.4, 0.5) is 0 Å². The highest BCUT2D eigenvalue weighted by Crippen LogP contribution is 2.24. The molecule has 1 rings (SSSR count). The van der Waals surface area contributed by atoms with Gasteiger partial charge >= 0.3 is 0 Å². The molecule has 0 saturated carbocycles. The molecule has 1 aliphatic carbocycles. The van der Waals surface area contributed by atoms with E-state index in [1.54, 1.807) is 0 Å². The Labute approximate surface area is 77.9 Å². The number of rotatable bonds is 2. The van der Waals surface area contributed by atoms with E-state index in [2.05, 4.69) is 19.1 Å². The van der Waals surface area contributed by atoms with Gasteiger partial charge in [-0.05, 0) is 17.9 Å². The highest BCUT2D eigenvalue weighted by molar-refractivity contribution is 6.21. The second-order valence-corrected chi connectivity index (χ2v) is 3.47. The first-order valence-electron chi connectivity index (χ1n) is 3.79. The van der Waals surface area contributed by atoms with Crippen molar-refractivity contribution in [2.24, 2.45) is 5.92 Å². The Morgan fingerprint density at radius 3 is 2.73 bits per heavy atom. The normalized spacial score (nSPS) is 24.5. The van der Waals surface area contributed by atoms with Gasteiger partial charge in [-0.15, -0.1) is 23.2 Å². The average molecular weight is 191 g/mol. The van der Waals surface area contributed by atoms with Gasteiger partial charge in [0, 0.05) is 11.8 Å². The summed E-state index contributed by atoms with van der Waals surface area (Å²) in [6, 6.07) is 0. The van der Waals surface area contributed by atoms with Gasteiger partial charge in [0.2, 0.25) is 0 Å². The predicted molar refractivity (Wildman–Crippen MR) is 51.4 cm³/mol. The summed E-state index contributed by atoms with van der Waals surface area (Å²) >= 11 is 11.5. The van der Waals surface area contributed by atoms with Crippen LogP contribution >= 0.6 is 23.2 Å². The summed E-state index contributed by atoms with van der Waals surface area (Å²) in [5, 5.41) is 0. The number of hydrogen-bond donors (Lipinski definition) is 0. The van der Waals surface area contributed by atoms with Crippen LogP contribution in [-0.4, -0.2) is 11.8 Å². The van der Waals surface area contributed by atoms with Gasteiger partial charge in [0.1, 0.15) is 0 Å². The van der Waals surface area contributed by atoms with Crippen LogP contribution in [0.1, 0.15) is 13.3 Å². The van der Waals surface area contributed by atoms with Crippen molar-refractivity contribution in [3.8, 4) is 0 Å². The second-order valence-electron chi connectivity index (χ2n) is 2.94. The van der Waals surface area contributed by atoms with Gasteiger partial charge in [-0.3, -0.25) is 0 Å². The molecule has 0 nitrogen and oxygen atoms in total. The number of alkyl halides is 2. The summed E-state index contributed by atoms with van der Waals surface area (Å²) in [6.45, 7) is 2.19. The third kappa shape index (κ3) is 2.25. The fourth-order valence-corrected chi connectivity index (χ4v) is 1.82. The first-order valence-corrected chi connectivity index (χ1v) is 4.86. The molecule has 0 heterocycles. The molecule has 0 amide bonds. The summed E-state index contributed by atoms with van der Waals surface area (Å²) in [7, 11) is 0. The molecule has 1 atom stereocenters. The van der Waals surface area contributed by atoms with Crippen LogP contribution in [-0.2, 0) is 0 Å². The maximum absolute atomic E-state index is 5.77. The maximum atomic E-state index is 5.77. The van der Waals surface area contributed by atoms with E-state index in [9.17, 15) is 0 Å². The van der Waals surface area contributed by atoms with E-state index in [0.29, 0.717) is 17.7 Å². The summed E-state index contributed by atoms with van der Waals surface area (Å²) in [4.78, 5) is 0. The minimum atomic E-state index is 0.589. The van der Waals surface area contributed by atoms with Crippen molar-refractivity contribution in [2.45, 2.75) is 13.3 Å². The Bertz CT molecular complexity index is 192. The van der Waals surface area contributed by atoms with Gasteiger partial charge in [-0.2, -0.15) is 0 Å². The van der Waals surface area contributed by atoms with Crippen molar-refractivity contribution in [1.82, 2.24) is 0 Å². The monoisotopic (exact) mass is 190 g/mol. The molecule has 0 aromatic carbocycles. The molecule has 62 valence electrons. The van der Waals surface area contributed by atoms with E-state index in [-0.39, 0.29) is 0 Å². The lowest BCUT2D eigenvalue weighted by molar-refractivity contribution is 0.701. The van der Waals surface area contributed by atoms with Crippen molar-refractivity contribution in [2.75, 3.05) is 11.8 Å². The summed E-state index contributed by atoms with van der Waals surface area (Å²) < 4.78 is 0. The minimum Gasteiger partial charge on any atom is -0.122 e. The molecule has 2 heteroatoms. The molecular formula is C9H12Cl2. The zero-order chi connectivity index (χ0) is 8.27.